The monoisotopic (exact) mass is 238 g/mol. The number of nitrogens with one attached hydrogen (secondary N) is 1. The van der Waals surface area contributed by atoms with Gasteiger partial charge in [0.2, 0.25) is 0 Å². The highest BCUT2D eigenvalue weighted by molar-refractivity contribution is 7.98. The second-order valence-corrected chi connectivity index (χ2v) is 5.45. The summed E-state index contributed by atoms with van der Waals surface area (Å²) in [5.41, 5.74) is 0.637. The molecule has 5 nitrogen and oxygen atoms in total. The van der Waals surface area contributed by atoms with E-state index < -0.39 is 0 Å². The van der Waals surface area contributed by atoms with Gasteiger partial charge in [0.05, 0.1) is 4.90 Å². The molecule has 2 rings (SSSR count). The molecule has 0 fully saturated rings. The lowest BCUT2D eigenvalue weighted by molar-refractivity contribution is 0.542. The van der Waals surface area contributed by atoms with Crippen LogP contribution in [0.5, 0.6) is 0 Å². The van der Waals surface area contributed by atoms with E-state index in [9.17, 15) is 4.79 Å². The average Bonchev–Trinajstić information content (AvgIpc) is 2.60. The molecule has 0 saturated heterocycles. The van der Waals surface area contributed by atoms with Gasteiger partial charge in [0, 0.05) is 11.6 Å². The van der Waals surface area contributed by atoms with Crippen molar-refractivity contribution in [1.29, 1.82) is 0 Å². The van der Waals surface area contributed by atoms with Crippen LogP contribution in [0.1, 0.15) is 26.5 Å². The highest BCUT2D eigenvalue weighted by Crippen LogP contribution is 2.19. The highest BCUT2D eigenvalue weighted by atomic mass is 32.2. The van der Waals surface area contributed by atoms with Crippen molar-refractivity contribution < 1.29 is 0 Å². The molecule has 16 heavy (non-hydrogen) atoms. The molecule has 0 aromatic carbocycles. The molecule has 0 unspecified atom stereocenters. The van der Waals surface area contributed by atoms with E-state index in [0.717, 1.165) is 4.90 Å². The highest BCUT2D eigenvalue weighted by Gasteiger charge is 2.22. The summed E-state index contributed by atoms with van der Waals surface area (Å²) in [6, 6.07) is 0. The van der Waals surface area contributed by atoms with E-state index in [1.165, 1.54) is 16.3 Å². The molecular formula is C10H14N4OS. The maximum Gasteiger partial charge on any atom is 0.295 e. The Labute approximate surface area is 97.3 Å². The number of hydrogen-bond acceptors (Lipinski definition) is 4. The Balaban J connectivity index is 2.77. The first-order chi connectivity index (χ1) is 7.45. The zero-order valence-electron chi connectivity index (χ0n) is 9.74. The second-order valence-electron chi connectivity index (χ2n) is 4.60. The van der Waals surface area contributed by atoms with Crippen LogP contribution in [-0.2, 0) is 5.41 Å². The SMILES string of the molecule is CSc1c[nH]n2c(=O)c(C(C)(C)C)nnc12. The van der Waals surface area contributed by atoms with Crippen molar-refractivity contribution in [3.8, 4) is 0 Å². The van der Waals surface area contributed by atoms with Crippen LogP contribution in [-0.4, -0.2) is 26.1 Å². The minimum atomic E-state index is -0.296. The van der Waals surface area contributed by atoms with E-state index in [0.29, 0.717) is 11.3 Å². The predicted molar refractivity (Wildman–Crippen MR) is 64.1 cm³/mol. The van der Waals surface area contributed by atoms with Crippen molar-refractivity contribution in [3.05, 3.63) is 22.2 Å². The van der Waals surface area contributed by atoms with Crippen LogP contribution < -0.4 is 5.56 Å². The van der Waals surface area contributed by atoms with Crippen LogP contribution in [0, 0.1) is 0 Å². The summed E-state index contributed by atoms with van der Waals surface area (Å²) in [4.78, 5) is 13.0. The van der Waals surface area contributed by atoms with Gasteiger partial charge in [-0.15, -0.1) is 22.0 Å². The zero-order chi connectivity index (χ0) is 11.9. The molecule has 0 atom stereocenters. The summed E-state index contributed by atoms with van der Waals surface area (Å²) < 4.78 is 1.44. The normalized spacial score (nSPS) is 12.2. The number of rotatable bonds is 1. The molecule has 1 N–H and O–H groups in total. The minimum absolute atomic E-state index is 0.127. The van der Waals surface area contributed by atoms with Gasteiger partial charge in [0.25, 0.3) is 5.56 Å². The number of nitrogens with zero attached hydrogens (tertiary/aromatic N) is 3. The standard InChI is InChI=1S/C10H14N4OS/c1-10(2,3)7-9(15)14-8(13-12-7)6(16-4)5-11-14/h5,11H,1-4H3. The van der Waals surface area contributed by atoms with E-state index >= 15 is 0 Å². The Kier molecular flexibility index (Phi) is 2.53. The first-order valence-electron chi connectivity index (χ1n) is 4.96. The summed E-state index contributed by atoms with van der Waals surface area (Å²) in [6.45, 7) is 5.84. The summed E-state index contributed by atoms with van der Waals surface area (Å²) in [7, 11) is 0. The van der Waals surface area contributed by atoms with Crippen molar-refractivity contribution in [1.82, 2.24) is 19.8 Å². The van der Waals surface area contributed by atoms with Gasteiger partial charge in [-0.1, -0.05) is 20.8 Å². The van der Waals surface area contributed by atoms with Gasteiger partial charge in [0.15, 0.2) is 5.65 Å². The first-order valence-corrected chi connectivity index (χ1v) is 6.19. The quantitative estimate of drug-likeness (QED) is 0.763. The lowest BCUT2D eigenvalue weighted by Gasteiger charge is -2.15. The van der Waals surface area contributed by atoms with Crippen molar-refractivity contribution in [2.75, 3.05) is 6.26 Å². The molecule has 0 aliphatic heterocycles. The maximum absolute atomic E-state index is 12.1. The van der Waals surface area contributed by atoms with Crippen LogP contribution in [0.15, 0.2) is 15.9 Å². The van der Waals surface area contributed by atoms with Gasteiger partial charge < -0.3 is 0 Å². The third-order valence-electron chi connectivity index (χ3n) is 2.34. The number of aromatic amines is 1. The van der Waals surface area contributed by atoms with Gasteiger partial charge in [0.1, 0.15) is 5.69 Å². The van der Waals surface area contributed by atoms with E-state index in [2.05, 4.69) is 15.3 Å². The van der Waals surface area contributed by atoms with E-state index in [4.69, 9.17) is 0 Å². The summed E-state index contributed by atoms with van der Waals surface area (Å²) in [5, 5.41) is 11.0. The summed E-state index contributed by atoms with van der Waals surface area (Å²) >= 11 is 1.53. The van der Waals surface area contributed by atoms with Crippen molar-refractivity contribution in [3.63, 3.8) is 0 Å². The third kappa shape index (κ3) is 1.63. The number of H-pyrrole nitrogens is 1. The largest absolute Gasteiger partial charge is 0.296 e. The first kappa shape index (κ1) is 11.2. The van der Waals surface area contributed by atoms with Gasteiger partial charge in [-0.2, -0.15) is 4.52 Å². The molecule has 0 saturated carbocycles. The second kappa shape index (κ2) is 3.62. The lowest BCUT2D eigenvalue weighted by atomic mass is 9.93. The predicted octanol–water partition coefficient (Wildman–Crippen LogP) is 1.44. The van der Waals surface area contributed by atoms with E-state index in [1.54, 1.807) is 6.20 Å². The molecule has 0 radical (unpaired) electrons. The van der Waals surface area contributed by atoms with E-state index in [-0.39, 0.29) is 11.0 Å². The Morgan fingerprint density at radius 3 is 2.62 bits per heavy atom. The van der Waals surface area contributed by atoms with Crippen LogP contribution in [0.2, 0.25) is 0 Å². The van der Waals surface area contributed by atoms with Gasteiger partial charge in [-0.25, -0.2) is 0 Å². The van der Waals surface area contributed by atoms with Gasteiger partial charge >= 0.3 is 0 Å². The smallest absolute Gasteiger partial charge is 0.295 e. The Hall–Kier alpha value is -1.30. The van der Waals surface area contributed by atoms with Crippen molar-refractivity contribution in [2.45, 2.75) is 31.1 Å². The summed E-state index contributed by atoms with van der Waals surface area (Å²) in [5.74, 6) is 0. The number of hydrogen-bond donors (Lipinski definition) is 1. The van der Waals surface area contributed by atoms with Crippen molar-refractivity contribution >= 4 is 17.4 Å². The number of aromatic nitrogens is 4. The molecule has 0 aliphatic carbocycles. The fourth-order valence-corrected chi connectivity index (χ4v) is 1.96. The maximum atomic E-state index is 12.1. The fraction of sp³-hybridized carbons (Fsp3) is 0.500. The topological polar surface area (TPSA) is 63.0 Å². The molecule has 0 spiro atoms. The van der Waals surface area contributed by atoms with Crippen LogP contribution in [0.25, 0.3) is 5.65 Å². The van der Waals surface area contributed by atoms with Crippen molar-refractivity contribution in [2.24, 2.45) is 0 Å². The summed E-state index contributed by atoms with van der Waals surface area (Å²) in [6.07, 6.45) is 3.70. The minimum Gasteiger partial charge on any atom is -0.296 e. The molecule has 6 heteroatoms. The van der Waals surface area contributed by atoms with Crippen LogP contribution >= 0.6 is 11.8 Å². The molecule has 0 aliphatic rings. The molecule has 0 bridgehead atoms. The number of thioether (sulfide) groups is 1. The molecule has 2 aromatic heterocycles. The van der Waals surface area contributed by atoms with Crippen LogP contribution in [0.3, 0.4) is 0 Å². The average molecular weight is 238 g/mol. The number of fused-ring (bicyclic) bond motifs is 1. The third-order valence-corrected chi connectivity index (χ3v) is 3.08. The molecule has 86 valence electrons. The molecule has 2 heterocycles. The lowest BCUT2D eigenvalue weighted by Crippen LogP contribution is -2.30. The molecule has 0 amide bonds. The van der Waals surface area contributed by atoms with Crippen LogP contribution in [0.4, 0.5) is 0 Å². The van der Waals surface area contributed by atoms with Gasteiger partial charge in [-0.05, 0) is 6.26 Å². The van der Waals surface area contributed by atoms with E-state index in [1.807, 2.05) is 27.0 Å². The molecular weight excluding hydrogens is 224 g/mol. The Morgan fingerprint density at radius 1 is 1.38 bits per heavy atom. The van der Waals surface area contributed by atoms with Gasteiger partial charge in [-0.3, -0.25) is 9.89 Å². The fourth-order valence-electron chi connectivity index (χ4n) is 1.47. The Bertz CT molecular complexity index is 578. The Morgan fingerprint density at radius 2 is 2.06 bits per heavy atom. The molecule has 2 aromatic rings. The zero-order valence-corrected chi connectivity index (χ0v) is 10.6.